The minimum absolute atomic E-state index is 0.0878. The summed E-state index contributed by atoms with van der Waals surface area (Å²) in [5.74, 6) is -1.69. The number of anilines is 2. The van der Waals surface area contributed by atoms with Crippen LogP contribution in [0.25, 0.3) is 0 Å². The van der Waals surface area contributed by atoms with Crippen molar-refractivity contribution in [1.82, 2.24) is 9.97 Å². The van der Waals surface area contributed by atoms with Crippen LogP contribution in [0.15, 0.2) is 64.5 Å². The molecule has 0 saturated heterocycles. The third-order valence-corrected chi connectivity index (χ3v) is 5.52. The standard InChI is InChI=1S/C21H17FN4O3S/c22-13-6-8-14(9-7-13)23-19(28)15-10-16(27)24-18-17(15)20(29)26-21(25-18)30-11-12-4-2-1-3-5-12/h1-9,15H,10-11H2,(H,23,28)(H2,24,25,26,27,29). The van der Waals surface area contributed by atoms with E-state index in [1.54, 1.807) is 0 Å². The van der Waals surface area contributed by atoms with Crippen LogP contribution in [0.5, 0.6) is 0 Å². The van der Waals surface area contributed by atoms with E-state index in [-0.39, 0.29) is 17.8 Å². The monoisotopic (exact) mass is 424 g/mol. The summed E-state index contributed by atoms with van der Waals surface area (Å²) in [7, 11) is 0. The molecule has 0 aliphatic carbocycles. The number of H-pyrrole nitrogens is 1. The average molecular weight is 424 g/mol. The highest BCUT2D eigenvalue weighted by atomic mass is 32.2. The van der Waals surface area contributed by atoms with Gasteiger partial charge in [0.2, 0.25) is 11.8 Å². The number of hydrogen-bond acceptors (Lipinski definition) is 5. The lowest BCUT2D eigenvalue weighted by molar-refractivity contribution is -0.123. The van der Waals surface area contributed by atoms with E-state index in [9.17, 15) is 18.8 Å². The first-order valence-corrected chi connectivity index (χ1v) is 10.2. The minimum Gasteiger partial charge on any atom is -0.326 e. The molecule has 2 aromatic carbocycles. The summed E-state index contributed by atoms with van der Waals surface area (Å²) in [6.45, 7) is 0. The van der Waals surface area contributed by atoms with E-state index in [2.05, 4.69) is 20.6 Å². The third kappa shape index (κ3) is 4.41. The molecule has 1 aromatic heterocycles. The van der Waals surface area contributed by atoms with Crippen molar-refractivity contribution >= 4 is 35.1 Å². The number of aromatic nitrogens is 2. The van der Waals surface area contributed by atoms with Crippen LogP contribution < -0.4 is 16.2 Å². The smallest absolute Gasteiger partial charge is 0.257 e. The SMILES string of the molecule is O=C1CC(C(=O)Nc2ccc(F)cc2)c2c(nc(SCc3ccccc3)[nH]c2=O)N1. The number of benzene rings is 2. The first-order chi connectivity index (χ1) is 14.5. The van der Waals surface area contributed by atoms with Gasteiger partial charge in [0.15, 0.2) is 5.16 Å². The fourth-order valence-corrected chi connectivity index (χ4v) is 3.95. The molecule has 0 spiro atoms. The lowest BCUT2D eigenvalue weighted by Gasteiger charge is -2.23. The normalized spacial score (nSPS) is 15.2. The van der Waals surface area contributed by atoms with Crippen molar-refractivity contribution in [3.63, 3.8) is 0 Å². The summed E-state index contributed by atoms with van der Waals surface area (Å²) in [6.07, 6.45) is -0.179. The summed E-state index contributed by atoms with van der Waals surface area (Å²) < 4.78 is 13.1. The van der Waals surface area contributed by atoms with Crippen LogP contribution in [0.2, 0.25) is 0 Å². The maximum atomic E-state index is 13.1. The number of thioether (sulfide) groups is 1. The molecule has 3 N–H and O–H groups in total. The van der Waals surface area contributed by atoms with Gasteiger partial charge in [-0.3, -0.25) is 14.4 Å². The van der Waals surface area contributed by atoms with Gasteiger partial charge in [-0.05, 0) is 29.8 Å². The highest BCUT2D eigenvalue weighted by Crippen LogP contribution is 2.31. The molecule has 152 valence electrons. The lowest BCUT2D eigenvalue weighted by atomic mass is 9.92. The summed E-state index contributed by atoms with van der Waals surface area (Å²) >= 11 is 1.32. The number of carbonyl (C=O) groups is 2. The summed E-state index contributed by atoms with van der Waals surface area (Å²) in [5, 5.41) is 5.55. The zero-order chi connectivity index (χ0) is 21.1. The van der Waals surface area contributed by atoms with Crippen LogP contribution in [0.4, 0.5) is 15.9 Å². The van der Waals surface area contributed by atoms with Gasteiger partial charge in [0.25, 0.3) is 5.56 Å². The number of rotatable bonds is 5. The van der Waals surface area contributed by atoms with Gasteiger partial charge in [-0.1, -0.05) is 42.1 Å². The van der Waals surface area contributed by atoms with Gasteiger partial charge in [0, 0.05) is 17.9 Å². The van der Waals surface area contributed by atoms with Gasteiger partial charge in [-0.25, -0.2) is 9.37 Å². The Balaban J connectivity index is 1.57. The highest BCUT2D eigenvalue weighted by Gasteiger charge is 2.34. The Kier molecular flexibility index (Phi) is 5.62. The molecule has 0 saturated carbocycles. The van der Waals surface area contributed by atoms with Gasteiger partial charge in [-0.2, -0.15) is 0 Å². The maximum absolute atomic E-state index is 13.1. The largest absolute Gasteiger partial charge is 0.326 e. The Hall–Kier alpha value is -3.46. The zero-order valence-corrected chi connectivity index (χ0v) is 16.5. The topological polar surface area (TPSA) is 104 Å². The molecule has 2 heterocycles. The molecular formula is C21H17FN4O3S. The molecule has 9 heteroatoms. The fourth-order valence-electron chi connectivity index (χ4n) is 3.13. The molecule has 0 fully saturated rings. The van der Waals surface area contributed by atoms with E-state index in [0.717, 1.165) is 5.56 Å². The summed E-state index contributed by atoms with van der Waals surface area (Å²) in [4.78, 5) is 44.6. The Labute approximate surface area is 175 Å². The van der Waals surface area contributed by atoms with Crippen molar-refractivity contribution in [2.45, 2.75) is 23.2 Å². The molecule has 1 aliphatic heterocycles. The molecule has 2 amide bonds. The van der Waals surface area contributed by atoms with E-state index >= 15 is 0 Å². The summed E-state index contributed by atoms with van der Waals surface area (Å²) in [5.41, 5.74) is 1.06. The van der Waals surface area contributed by atoms with Gasteiger partial charge in [0.05, 0.1) is 11.5 Å². The van der Waals surface area contributed by atoms with E-state index in [0.29, 0.717) is 16.6 Å². The van der Waals surface area contributed by atoms with Crippen molar-refractivity contribution in [2.24, 2.45) is 0 Å². The molecule has 0 bridgehead atoms. The van der Waals surface area contributed by atoms with Crippen LogP contribution in [0.3, 0.4) is 0 Å². The van der Waals surface area contributed by atoms with E-state index in [1.165, 1.54) is 36.0 Å². The van der Waals surface area contributed by atoms with Crippen molar-refractivity contribution < 1.29 is 14.0 Å². The second-order valence-electron chi connectivity index (χ2n) is 6.71. The van der Waals surface area contributed by atoms with E-state index in [4.69, 9.17) is 0 Å². The van der Waals surface area contributed by atoms with E-state index in [1.807, 2.05) is 30.3 Å². The number of amides is 2. The number of nitrogens with one attached hydrogen (secondary N) is 3. The number of hydrogen-bond donors (Lipinski definition) is 3. The predicted octanol–water partition coefficient (Wildman–Crippen LogP) is 3.27. The molecule has 1 unspecified atom stereocenters. The van der Waals surface area contributed by atoms with Gasteiger partial charge in [-0.15, -0.1) is 0 Å². The first-order valence-electron chi connectivity index (χ1n) is 9.17. The Morgan fingerprint density at radius 3 is 2.60 bits per heavy atom. The molecule has 4 rings (SSSR count). The minimum atomic E-state index is -0.997. The van der Waals surface area contributed by atoms with Crippen molar-refractivity contribution in [1.29, 1.82) is 0 Å². The zero-order valence-electron chi connectivity index (χ0n) is 15.6. The first kappa shape index (κ1) is 19.8. The van der Waals surface area contributed by atoms with Crippen molar-refractivity contribution in [3.05, 3.63) is 81.9 Å². The fraction of sp³-hybridized carbons (Fsp3) is 0.143. The van der Waals surface area contributed by atoms with Gasteiger partial charge < -0.3 is 15.6 Å². The Bertz CT molecular complexity index is 1150. The lowest BCUT2D eigenvalue weighted by Crippen LogP contribution is -2.36. The quantitative estimate of drug-likeness (QED) is 0.431. The van der Waals surface area contributed by atoms with Crippen molar-refractivity contribution in [2.75, 3.05) is 10.6 Å². The Morgan fingerprint density at radius 2 is 1.87 bits per heavy atom. The highest BCUT2D eigenvalue weighted by molar-refractivity contribution is 7.98. The second-order valence-corrected chi connectivity index (χ2v) is 7.67. The van der Waals surface area contributed by atoms with Crippen LogP contribution in [-0.4, -0.2) is 21.8 Å². The maximum Gasteiger partial charge on any atom is 0.257 e. The van der Waals surface area contributed by atoms with Crippen LogP contribution in [-0.2, 0) is 15.3 Å². The van der Waals surface area contributed by atoms with Crippen LogP contribution >= 0.6 is 11.8 Å². The second kappa shape index (κ2) is 8.50. The molecular weight excluding hydrogens is 407 g/mol. The molecule has 1 aliphatic rings. The van der Waals surface area contributed by atoms with Gasteiger partial charge in [0.1, 0.15) is 11.6 Å². The molecule has 0 radical (unpaired) electrons. The molecule has 7 nitrogen and oxygen atoms in total. The summed E-state index contributed by atoms with van der Waals surface area (Å²) in [6, 6.07) is 14.9. The van der Waals surface area contributed by atoms with Crippen LogP contribution in [0.1, 0.15) is 23.5 Å². The van der Waals surface area contributed by atoms with E-state index < -0.39 is 29.1 Å². The van der Waals surface area contributed by atoms with Gasteiger partial charge >= 0.3 is 0 Å². The molecule has 30 heavy (non-hydrogen) atoms. The Morgan fingerprint density at radius 1 is 1.13 bits per heavy atom. The number of carbonyl (C=O) groups excluding carboxylic acids is 2. The molecule has 3 aromatic rings. The molecule has 1 atom stereocenters. The van der Waals surface area contributed by atoms with Crippen LogP contribution in [0, 0.1) is 5.82 Å². The predicted molar refractivity (Wildman–Crippen MR) is 112 cm³/mol. The average Bonchev–Trinajstić information content (AvgIpc) is 2.73. The third-order valence-electron chi connectivity index (χ3n) is 4.58. The number of nitrogens with zero attached hydrogens (tertiary/aromatic N) is 1. The number of aromatic amines is 1. The van der Waals surface area contributed by atoms with Crippen molar-refractivity contribution in [3.8, 4) is 0 Å². The number of halogens is 1. The number of fused-ring (bicyclic) bond motifs is 1.